The lowest BCUT2D eigenvalue weighted by Gasteiger charge is -2.02. The molecule has 0 atom stereocenters. The Morgan fingerprint density at radius 1 is 1.54 bits per heavy atom. The third-order valence-corrected chi connectivity index (χ3v) is 2.12. The van der Waals surface area contributed by atoms with Crippen LogP contribution in [0, 0.1) is 0 Å². The van der Waals surface area contributed by atoms with Gasteiger partial charge in [-0.15, -0.1) is 0 Å². The number of phenolic OH excluding ortho intramolecular Hbond substituents is 1. The summed E-state index contributed by atoms with van der Waals surface area (Å²) in [6.07, 6.45) is 0.259. The highest BCUT2D eigenvalue weighted by atomic mass is 79.9. The number of carbonyl (C=O) groups excluding carboxylic acids is 1. The van der Waals surface area contributed by atoms with Crippen molar-refractivity contribution in [1.29, 1.82) is 0 Å². The third-order valence-electron chi connectivity index (χ3n) is 1.63. The number of Topliss-reactive ketones (excluding diaryl/α,β-unsaturated/α-hetero) is 1. The van der Waals surface area contributed by atoms with E-state index >= 15 is 0 Å². The molecule has 0 amide bonds. The Labute approximate surface area is 84.7 Å². The average Bonchev–Trinajstić information content (AvgIpc) is 2.04. The molecule has 3 N–H and O–H groups in total. The van der Waals surface area contributed by atoms with Gasteiger partial charge in [0, 0.05) is 10.9 Å². The first kappa shape index (κ1) is 10.2. The largest absolute Gasteiger partial charge is 0.507 e. The number of aromatic hydroxyl groups is 1. The normalized spacial score (nSPS) is 10.0. The van der Waals surface area contributed by atoms with E-state index in [1.165, 1.54) is 6.07 Å². The van der Waals surface area contributed by atoms with Crippen molar-refractivity contribution in [2.75, 3.05) is 6.54 Å². The number of nitrogens with two attached hydrogens (primary N) is 1. The molecule has 0 aliphatic rings. The molecule has 0 spiro atoms. The Morgan fingerprint density at radius 2 is 2.23 bits per heavy atom. The molecule has 1 rings (SSSR count). The number of ketones is 1. The molecule has 0 aliphatic heterocycles. The summed E-state index contributed by atoms with van der Waals surface area (Å²) in [6.45, 7) is 0.300. The summed E-state index contributed by atoms with van der Waals surface area (Å²) in [7, 11) is 0. The van der Waals surface area contributed by atoms with Crippen molar-refractivity contribution in [3.8, 4) is 5.75 Å². The van der Waals surface area contributed by atoms with Gasteiger partial charge in [0.05, 0.1) is 5.56 Å². The van der Waals surface area contributed by atoms with Crippen molar-refractivity contribution >= 4 is 21.7 Å². The Hall–Kier alpha value is -0.870. The summed E-state index contributed by atoms with van der Waals surface area (Å²) in [5, 5.41) is 9.40. The van der Waals surface area contributed by atoms with Crippen LogP contribution in [-0.4, -0.2) is 17.4 Å². The van der Waals surface area contributed by atoms with Crippen LogP contribution >= 0.6 is 15.9 Å². The monoisotopic (exact) mass is 243 g/mol. The predicted octanol–water partition coefficient (Wildman–Crippen LogP) is 1.69. The van der Waals surface area contributed by atoms with E-state index in [9.17, 15) is 9.90 Å². The Bertz CT molecular complexity index is 325. The smallest absolute Gasteiger partial charge is 0.167 e. The fourth-order valence-corrected chi connectivity index (χ4v) is 1.36. The van der Waals surface area contributed by atoms with Crippen LogP contribution in [0.25, 0.3) is 0 Å². The molecule has 1 aromatic carbocycles. The average molecular weight is 244 g/mol. The maximum atomic E-state index is 11.3. The first-order valence-electron chi connectivity index (χ1n) is 3.87. The summed E-state index contributed by atoms with van der Waals surface area (Å²) in [6, 6.07) is 4.78. The van der Waals surface area contributed by atoms with E-state index in [2.05, 4.69) is 15.9 Å². The molecular formula is C9H10BrNO2. The number of phenols is 1. The number of halogens is 1. The highest BCUT2D eigenvalue weighted by Crippen LogP contribution is 2.23. The SMILES string of the molecule is NCCC(=O)c1ccc(Br)cc1O. The van der Waals surface area contributed by atoms with Gasteiger partial charge in [0.25, 0.3) is 0 Å². The quantitative estimate of drug-likeness (QED) is 0.795. The van der Waals surface area contributed by atoms with Gasteiger partial charge in [-0.1, -0.05) is 15.9 Å². The maximum Gasteiger partial charge on any atom is 0.167 e. The van der Waals surface area contributed by atoms with Crippen LogP contribution in [0.5, 0.6) is 5.75 Å². The van der Waals surface area contributed by atoms with Crippen molar-refractivity contribution < 1.29 is 9.90 Å². The van der Waals surface area contributed by atoms with E-state index < -0.39 is 0 Å². The molecule has 0 radical (unpaired) electrons. The summed E-state index contributed by atoms with van der Waals surface area (Å²) in [4.78, 5) is 11.3. The predicted molar refractivity (Wildman–Crippen MR) is 53.8 cm³/mol. The molecule has 0 aromatic heterocycles. The van der Waals surface area contributed by atoms with E-state index in [1.807, 2.05) is 0 Å². The van der Waals surface area contributed by atoms with Gasteiger partial charge in [-0.25, -0.2) is 0 Å². The van der Waals surface area contributed by atoms with Gasteiger partial charge in [-0.2, -0.15) is 0 Å². The highest BCUT2D eigenvalue weighted by molar-refractivity contribution is 9.10. The molecule has 13 heavy (non-hydrogen) atoms. The lowest BCUT2D eigenvalue weighted by molar-refractivity contribution is 0.0983. The van der Waals surface area contributed by atoms with Crippen LogP contribution < -0.4 is 5.73 Å². The molecule has 4 heteroatoms. The van der Waals surface area contributed by atoms with E-state index in [0.717, 1.165) is 4.47 Å². The Morgan fingerprint density at radius 3 is 2.77 bits per heavy atom. The zero-order chi connectivity index (χ0) is 9.84. The van der Waals surface area contributed by atoms with Gasteiger partial charge in [0.15, 0.2) is 5.78 Å². The van der Waals surface area contributed by atoms with E-state index in [4.69, 9.17) is 5.73 Å². The van der Waals surface area contributed by atoms with Crippen LogP contribution in [0.15, 0.2) is 22.7 Å². The van der Waals surface area contributed by atoms with E-state index in [1.54, 1.807) is 12.1 Å². The topological polar surface area (TPSA) is 63.3 Å². The summed E-state index contributed by atoms with van der Waals surface area (Å²) < 4.78 is 0.745. The molecule has 0 bridgehead atoms. The van der Waals surface area contributed by atoms with Gasteiger partial charge in [-0.05, 0) is 24.7 Å². The molecule has 0 saturated heterocycles. The van der Waals surface area contributed by atoms with Gasteiger partial charge in [0.1, 0.15) is 5.75 Å². The molecular weight excluding hydrogens is 234 g/mol. The molecule has 0 unspecified atom stereocenters. The van der Waals surface area contributed by atoms with Crippen molar-refractivity contribution in [3.63, 3.8) is 0 Å². The van der Waals surface area contributed by atoms with Gasteiger partial charge < -0.3 is 10.8 Å². The summed E-state index contributed by atoms with van der Waals surface area (Å²) in [5.74, 6) is -0.139. The van der Waals surface area contributed by atoms with Gasteiger partial charge in [0.2, 0.25) is 0 Å². The van der Waals surface area contributed by atoms with Crippen LogP contribution in [0.2, 0.25) is 0 Å². The molecule has 1 aromatic rings. The molecule has 0 aliphatic carbocycles. The number of rotatable bonds is 3. The fourth-order valence-electron chi connectivity index (χ4n) is 1.01. The minimum absolute atomic E-state index is 0.00664. The minimum Gasteiger partial charge on any atom is -0.507 e. The van der Waals surface area contributed by atoms with Crippen LogP contribution in [0.3, 0.4) is 0 Å². The third kappa shape index (κ3) is 2.54. The van der Waals surface area contributed by atoms with Gasteiger partial charge >= 0.3 is 0 Å². The maximum absolute atomic E-state index is 11.3. The number of benzene rings is 1. The summed E-state index contributed by atoms with van der Waals surface area (Å²) in [5.41, 5.74) is 5.56. The number of hydrogen-bond acceptors (Lipinski definition) is 3. The second kappa shape index (κ2) is 4.39. The molecule has 0 saturated carbocycles. The molecule has 0 fully saturated rings. The lowest BCUT2D eigenvalue weighted by Crippen LogP contribution is -2.08. The molecule has 0 heterocycles. The van der Waals surface area contributed by atoms with Crippen LogP contribution in [0.1, 0.15) is 16.8 Å². The first-order chi connectivity index (χ1) is 6.15. The first-order valence-corrected chi connectivity index (χ1v) is 4.66. The summed E-state index contributed by atoms with van der Waals surface area (Å²) >= 11 is 3.19. The van der Waals surface area contributed by atoms with Gasteiger partial charge in [-0.3, -0.25) is 4.79 Å². The van der Waals surface area contributed by atoms with E-state index in [0.29, 0.717) is 12.1 Å². The second-order valence-corrected chi connectivity index (χ2v) is 3.54. The standard InChI is InChI=1S/C9H10BrNO2/c10-6-1-2-7(9(13)5-6)8(12)3-4-11/h1-2,5,13H,3-4,11H2. The second-order valence-electron chi connectivity index (χ2n) is 2.62. The van der Waals surface area contributed by atoms with Crippen LogP contribution in [-0.2, 0) is 0 Å². The number of carbonyl (C=O) groups is 1. The zero-order valence-corrected chi connectivity index (χ0v) is 8.54. The molecule has 3 nitrogen and oxygen atoms in total. The van der Waals surface area contributed by atoms with Crippen molar-refractivity contribution in [2.24, 2.45) is 5.73 Å². The Kier molecular flexibility index (Phi) is 3.45. The highest BCUT2D eigenvalue weighted by Gasteiger charge is 2.09. The van der Waals surface area contributed by atoms with E-state index in [-0.39, 0.29) is 18.0 Å². The minimum atomic E-state index is -0.132. The van der Waals surface area contributed by atoms with Crippen LogP contribution in [0.4, 0.5) is 0 Å². The zero-order valence-electron chi connectivity index (χ0n) is 6.96. The van der Waals surface area contributed by atoms with Crippen molar-refractivity contribution in [2.45, 2.75) is 6.42 Å². The Balaban J connectivity index is 2.95. The fraction of sp³-hybridized carbons (Fsp3) is 0.222. The lowest BCUT2D eigenvalue weighted by atomic mass is 10.1. The van der Waals surface area contributed by atoms with Crippen molar-refractivity contribution in [1.82, 2.24) is 0 Å². The van der Waals surface area contributed by atoms with Crippen molar-refractivity contribution in [3.05, 3.63) is 28.2 Å². The molecule has 70 valence electrons. The number of hydrogen-bond donors (Lipinski definition) is 2.